The minimum absolute atomic E-state index is 0.115. The molecule has 1 N–H and O–H groups in total. The van der Waals surface area contributed by atoms with Gasteiger partial charge in [0.15, 0.2) is 13.0 Å². The number of para-hydroxylation sites is 1. The van der Waals surface area contributed by atoms with E-state index in [1.807, 2.05) is 24.3 Å². The van der Waals surface area contributed by atoms with Crippen LogP contribution in [0.2, 0.25) is 0 Å². The van der Waals surface area contributed by atoms with Gasteiger partial charge in [0.1, 0.15) is 0 Å². The van der Waals surface area contributed by atoms with Crippen molar-refractivity contribution in [2.45, 2.75) is 11.4 Å². The second-order valence-corrected chi connectivity index (χ2v) is 5.85. The van der Waals surface area contributed by atoms with Gasteiger partial charge in [0, 0.05) is 16.6 Å². The fourth-order valence-corrected chi connectivity index (χ4v) is 2.71. The highest BCUT2D eigenvalue weighted by Crippen LogP contribution is 2.23. The van der Waals surface area contributed by atoms with Crippen molar-refractivity contribution in [2.24, 2.45) is 7.05 Å². The number of rotatable bonds is 5. The number of aromatic nitrogens is 2. The first-order valence-corrected chi connectivity index (χ1v) is 7.56. The zero-order valence-corrected chi connectivity index (χ0v) is 13.0. The number of thioether (sulfide) groups is 1. The predicted molar refractivity (Wildman–Crippen MR) is 75.2 cm³/mol. The number of benzene rings is 1. The lowest BCUT2D eigenvalue weighted by Gasteiger charge is -2.06. The molecule has 0 radical (unpaired) electrons. The molecule has 0 atom stereocenters. The molecule has 0 fully saturated rings. The van der Waals surface area contributed by atoms with Crippen LogP contribution in [-0.2, 0) is 11.8 Å². The molecule has 2 aromatic rings. The molecule has 1 aromatic carbocycles. The van der Waals surface area contributed by atoms with E-state index in [1.165, 1.54) is 16.4 Å². The van der Waals surface area contributed by atoms with Crippen LogP contribution in [0.3, 0.4) is 0 Å². The van der Waals surface area contributed by atoms with E-state index in [-0.39, 0.29) is 12.3 Å². The molecule has 20 heavy (non-hydrogen) atoms. The second-order valence-electron chi connectivity index (χ2n) is 3.92. The third-order valence-corrected chi connectivity index (χ3v) is 4.23. The highest BCUT2D eigenvalue weighted by Gasteiger charge is 2.14. The van der Waals surface area contributed by atoms with E-state index < -0.39 is 5.95 Å². The smallest absolute Gasteiger partial charge is 0.290 e. The molecular weight excluding hydrogens is 346 g/mol. The highest BCUT2D eigenvalue weighted by atomic mass is 79.9. The maximum atomic E-state index is 11.8. The summed E-state index contributed by atoms with van der Waals surface area (Å²) in [7, 11) is 1.62. The molecule has 0 aliphatic carbocycles. The Morgan fingerprint density at radius 2 is 2.30 bits per heavy atom. The maximum Gasteiger partial charge on any atom is 0.290 e. The molecule has 0 unspecified atom stereocenters. The van der Waals surface area contributed by atoms with Crippen LogP contribution in [-0.4, -0.2) is 16.9 Å². The fourth-order valence-electron chi connectivity index (χ4n) is 1.47. The molecule has 0 aliphatic rings. The monoisotopic (exact) mass is 357 g/mol. The van der Waals surface area contributed by atoms with Crippen LogP contribution in [0.4, 0.5) is 5.69 Å². The summed E-state index contributed by atoms with van der Waals surface area (Å²) >= 11 is 4.60. The zero-order valence-electron chi connectivity index (χ0n) is 10.6. The molecular formula is C12H12BrN3O3S. The number of aryl methyl sites for hydroxylation is 1. The van der Waals surface area contributed by atoms with E-state index in [0.717, 1.165) is 10.2 Å². The molecule has 0 saturated carbocycles. The van der Waals surface area contributed by atoms with Gasteiger partial charge < -0.3 is 14.9 Å². The number of nitrogens with zero attached hydrogens (tertiary/aromatic N) is 2. The number of anilines is 1. The van der Waals surface area contributed by atoms with Crippen LogP contribution < -0.4 is 15.1 Å². The minimum atomic E-state index is -0.483. The lowest BCUT2D eigenvalue weighted by atomic mass is 10.3. The highest BCUT2D eigenvalue weighted by molar-refractivity contribution is 9.10. The maximum absolute atomic E-state index is 11.8. The average Bonchev–Trinajstić information content (AvgIpc) is 2.73. The molecule has 0 bridgehead atoms. The Morgan fingerprint density at radius 1 is 1.55 bits per heavy atom. The molecule has 8 heteroatoms. The van der Waals surface area contributed by atoms with Crippen molar-refractivity contribution in [3.05, 3.63) is 28.7 Å². The van der Waals surface area contributed by atoms with Crippen LogP contribution in [0, 0.1) is 0 Å². The second kappa shape index (κ2) is 6.76. The van der Waals surface area contributed by atoms with Crippen molar-refractivity contribution < 1.29 is 19.1 Å². The largest absolute Gasteiger partial charge is 0.538 e. The van der Waals surface area contributed by atoms with E-state index in [1.54, 1.807) is 7.05 Å². The lowest BCUT2D eigenvalue weighted by molar-refractivity contribution is -0.772. The predicted octanol–water partition coefficient (Wildman–Crippen LogP) is 1.46. The van der Waals surface area contributed by atoms with Gasteiger partial charge in [0.2, 0.25) is 5.91 Å². The molecule has 1 aromatic heterocycles. The average molecular weight is 358 g/mol. The first-order chi connectivity index (χ1) is 9.58. The molecule has 0 saturated heterocycles. The summed E-state index contributed by atoms with van der Waals surface area (Å²) in [5.74, 6) is -0.125. The van der Waals surface area contributed by atoms with Crippen molar-refractivity contribution in [1.29, 1.82) is 0 Å². The Hall–Kier alpha value is -1.54. The summed E-state index contributed by atoms with van der Waals surface area (Å²) in [6, 6.07) is 7.38. The molecule has 6 nitrogen and oxygen atoms in total. The van der Waals surface area contributed by atoms with Crippen LogP contribution in [0.1, 0.15) is 6.42 Å². The topological polar surface area (TPSA) is 82.1 Å². The number of carbonyl (C=O) groups is 1. The molecule has 1 amide bonds. The van der Waals surface area contributed by atoms with E-state index in [4.69, 9.17) is 0 Å². The number of halogens is 1. The van der Waals surface area contributed by atoms with E-state index in [0.29, 0.717) is 10.8 Å². The lowest BCUT2D eigenvalue weighted by Crippen LogP contribution is -2.32. The SMILES string of the molecule is C[n+]1noc([O-])c1SCCC(=O)Nc1ccccc1Br. The van der Waals surface area contributed by atoms with Gasteiger partial charge in [-0.1, -0.05) is 28.6 Å². The summed E-state index contributed by atoms with van der Waals surface area (Å²) in [6.45, 7) is 0. The molecule has 106 valence electrons. The third kappa shape index (κ3) is 3.73. The van der Waals surface area contributed by atoms with Gasteiger partial charge in [-0.15, -0.1) is 0 Å². The van der Waals surface area contributed by atoms with Gasteiger partial charge in [0.25, 0.3) is 5.03 Å². The van der Waals surface area contributed by atoms with Crippen molar-refractivity contribution in [1.82, 2.24) is 5.27 Å². The first-order valence-electron chi connectivity index (χ1n) is 5.78. The Labute approximate surface area is 128 Å². The normalized spacial score (nSPS) is 10.5. The standard InChI is InChI=1S/C12H12BrN3O3S/c1-16-11(12(18)19-15-16)20-7-6-10(17)14-9-5-3-2-4-8(9)13/h2-5H,6-7H2,1H3,(H-,14,15,17,18). The Morgan fingerprint density at radius 3 is 2.95 bits per heavy atom. The molecule has 1 heterocycles. The van der Waals surface area contributed by atoms with E-state index in [9.17, 15) is 9.90 Å². The van der Waals surface area contributed by atoms with Crippen LogP contribution in [0.15, 0.2) is 38.3 Å². The molecule has 2 rings (SSSR count). The number of hydrogen-bond donors (Lipinski definition) is 1. The van der Waals surface area contributed by atoms with E-state index in [2.05, 4.69) is 31.0 Å². The van der Waals surface area contributed by atoms with Gasteiger partial charge in [-0.3, -0.25) is 4.79 Å². The fraction of sp³-hybridized carbons (Fsp3) is 0.250. The molecule has 0 spiro atoms. The van der Waals surface area contributed by atoms with Crippen molar-refractivity contribution in [3.63, 3.8) is 0 Å². The van der Waals surface area contributed by atoms with Gasteiger partial charge in [0.05, 0.1) is 11.0 Å². The van der Waals surface area contributed by atoms with Crippen LogP contribution in [0.25, 0.3) is 0 Å². The van der Waals surface area contributed by atoms with Crippen LogP contribution in [0.5, 0.6) is 5.95 Å². The number of hydrogen-bond acceptors (Lipinski definition) is 5. The zero-order chi connectivity index (χ0) is 14.5. The van der Waals surface area contributed by atoms with Gasteiger partial charge in [-0.2, -0.15) is 0 Å². The Bertz CT molecular complexity index is 598. The van der Waals surface area contributed by atoms with Crippen LogP contribution >= 0.6 is 27.7 Å². The van der Waals surface area contributed by atoms with Gasteiger partial charge >= 0.3 is 0 Å². The van der Waals surface area contributed by atoms with Gasteiger partial charge in [-0.05, 0) is 28.1 Å². The van der Waals surface area contributed by atoms with Crippen molar-refractivity contribution in [2.75, 3.05) is 11.1 Å². The Balaban J connectivity index is 1.83. The summed E-state index contributed by atoms with van der Waals surface area (Å²) in [5, 5.41) is 18.0. The minimum Gasteiger partial charge on any atom is -0.538 e. The van der Waals surface area contributed by atoms with Crippen molar-refractivity contribution in [3.8, 4) is 5.95 Å². The summed E-state index contributed by atoms with van der Waals surface area (Å²) in [6.07, 6.45) is 0.288. The summed E-state index contributed by atoms with van der Waals surface area (Å²) in [4.78, 5) is 11.8. The van der Waals surface area contributed by atoms with E-state index >= 15 is 0 Å². The molecule has 0 aliphatic heterocycles. The summed E-state index contributed by atoms with van der Waals surface area (Å²) in [5.41, 5.74) is 0.725. The van der Waals surface area contributed by atoms with Crippen molar-refractivity contribution >= 4 is 39.3 Å². The number of nitrogens with one attached hydrogen (secondary N) is 1. The van der Waals surface area contributed by atoms with Gasteiger partial charge in [-0.25, -0.2) is 0 Å². The first kappa shape index (κ1) is 14.9. The summed E-state index contributed by atoms with van der Waals surface area (Å²) < 4.78 is 6.68. The Kier molecular flexibility index (Phi) is 5.02. The third-order valence-electron chi connectivity index (χ3n) is 2.43. The number of amides is 1. The quantitative estimate of drug-likeness (QED) is 0.646. The number of carbonyl (C=O) groups excluding carboxylic acids is 1.